The van der Waals surface area contributed by atoms with E-state index < -0.39 is 0 Å². The van der Waals surface area contributed by atoms with Gasteiger partial charge in [-0.25, -0.2) is 0 Å². The Balaban J connectivity index is 3.24. The van der Waals surface area contributed by atoms with Gasteiger partial charge in [0.05, 0.1) is 0 Å². The normalized spacial score (nSPS) is 12.9. The van der Waals surface area contributed by atoms with Crippen LogP contribution in [0.1, 0.15) is 59.3 Å². The topological polar surface area (TPSA) is 17.1 Å². The highest BCUT2D eigenvalue weighted by atomic mass is 16.1. The van der Waals surface area contributed by atoms with Crippen LogP contribution in [-0.4, -0.2) is 5.78 Å². The summed E-state index contributed by atoms with van der Waals surface area (Å²) in [6.45, 7) is 6.52. The minimum absolute atomic E-state index is 0.445. The summed E-state index contributed by atoms with van der Waals surface area (Å²) >= 11 is 0. The molecule has 72 valence electrons. The van der Waals surface area contributed by atoms with Gasteiger partial charge in [-0.15, -0.1) is 0 Å². The molecule has 0 saturated heterocycles. The Morgan fingerprint density at radius 2 is 1.92 bits per heavy atom. The Labute approximate surface area is 76.6 Å². The highest BCUT2D eigenvalue weighted by Crippen LogP contribution is 2.11. The zero-order valence-corrected chi connectivity index (χ0v) is 8.73. The van der Waals surface area contributed by atoms with Crippen molar-refractivity contribution in [3.63, 3.8) is 0 Å². The predicted molar refractivity (Wildman–Crippen MR) is 53.2 cm³/mol. The molecule has 0 fully saturated rings. The number of carbonyl (C=O) groups excluding carboxylic acids is 1. The average Bonchev–Trinajstić information content (AvgIpc) is 2.04. The third-order valence-corrected chi connectivity index (χ3v) is 2.38. The fourth-order valence-electron chi connectivity index (χ4n) is 1.26. The van der Waals surface area contributed by atoms with E-state index in [1.807, 2.05) is 0 Å². The third-order valence-electron chi connectivity index (χ3n) is 2.38. The second-order valence-corrected chi connectivity index (χ2v) is 3.69. The molecule has 0 aromatic rings. The molecular formula is C11H22O. The molecule has 1 unspecified atom stereocenters. The molecule has 12 heavy (non-hydrogen) atoms. The van der Waals surface area contributed by atoms with Crippen molar-refractivity contribution < 1.29 is 4.79 Å². The van der Waals surface area contributed by atoms with Crippen LogP contribution in [0.25, 0.3) is 0 Å². The quantitative estimate of drug-likeness (QED) is 0.571. The van der Waals surface area contributed by atoms with Gasteiger partial charge in [-0.3, -0.25) is 4.79 Å². The molecule has 0 aliphatic carbocycles. The van der Waals surface area contributed by atoms with Crippen molar-refractivity contribution in [3.8, 4) is 0 Å². The second-order valence-electron chi connectivity index (χ2n) is 3.69. The summed E-state index contributed by atoms with van der Waals surface area (Å²) in [6.07, 6.45) is 6.13. The first-order valence-electron chi connectivity index (χ1n) is 5.22. The molecule has 0 aliphatic heterocycles. The van der Waals surface area contributed by atoms with Crippen LogP contribution in [0.15, 0.2) is 0 Å². The molecule has 0 rings (SSSR count). The molecule has 0 aliphatic rings. The number of ketones is 1. The van der Waals surface area contributed by atoms with Gasteiger partial charge in [-0.2, -0.15) is 0 Å². The molecule has 1 atom stereocenters. The van der Waals surface area contributed by atoms with Gasteiger partial charge in [0, 0.05) is 12.8 Å². The minimum atomic E-state index is 0.445. The molecule has 0 heterocycles. The van der Waals surface area contributed by atoms with Crippen LogP contribution in [0.2, 0.25) is 0 Å². The van der Waals surface area contributed by atoms with Gasteiger partial charge < -0.3 is 0 Å². The Morgan fingerprint density at radius 3 is 2.42 bits per heavy atom. The maximum absolute atomic E-state index is 11.1. The van der Waals surface area contributed by atoms with Crippen LogP contribution in [0.4, 0.5) is 0 Å². The van der Waals surface area contributed by atoms with Gasteiger partial charge in [-0.1, -0.05) is 33.6 Å². The second kappa shape index (κ2) is 7.33. The molecule has 0 bridgehead atoms. The van der Waals surface area contributed by atoms with Gasteiger partial charge in [-0.05, 0) is 18.8 Å². The van der Waals surface area contributed by atoms with Gasteiger partial charge in [0.15, 0.2) is 0 Å². The molecule has 0 amide bonds. The molecule has 1 heteroatoms. The van der Waals surface area contributed by atoms with Crippen molar-refractivity contribution in [1.82, 2.24) is 0 Å². The molecule has 1 nitrogen and oxygen atoms in total. The van der Waals surface area contributed by atoms with E-state index >= 15 is 0 Å². The number of rotatable bonds is 7. The lowest BCUT2D eigenvalue weighted by Gasteiger charge is -2.06. The zero-order valence-electron chi connectivity index (χ0n) is 8.73. The lowest BCUT2D eigenvalue weighted by Crippen LogP contribution is -1.99. The maximum atomic E-state index is 11.1. The summed E-state index contributed by atoms with van der Waals surface area (Å²) in [7, 11) is 0. The van der Waals surface area contributed by atoms with E-state index in [0.717, 1.165) is 31.6 Å². The fourth-order valence-corrected chi connectivity index (χ4v) is 1.26. The van der Waals surface area contributed by atoms with Crippen LogP contribution in [0.5, 0.6) is 0 Å². The lowest BCUT2D eigenvalue weighted by atomic mass is 10.00. The Kier molecular flexibility index (Phi) is 7.12. The molecule has 0 saturated carbocycles. The van der Waals surface area contributed by atoms with Crippen LogP contribution >= 0.6 is 0 Å². The summed E-state index contributed by atoms with van der Waals surface area (Å²) in [6, 6.07) is 0. The Hall–Kier alpha value is -0.330. The molecule has 0 spiro atoms. The molecule has 0 radical (unpaired) electrons. The molecule has 0 aromatic carbocycles. The SMILES string of the molecule is CCCC(=O)CCCC(C)CC. The van der Waals surface area contributed by atoms with Crippen LogP contribution in [0.3, 0.4) is 0 Å². The van der Waals surface area contributed by atoms with E-state index in [1.54, 1.807) is 0 Å². The maximum Gasteiger partial charge on any atom is 0.132 e. The first kappa shape index (κ1) is 11.7. The first-order valence-corrected chi connectivity index (χ1v) is 5.22. The Bertz CT molecular complexity index is 118. The monoisotopic (exact) mass is 170 g/mol. The molecule has 0 N–H and O–H groups in total. The Morgan fingerprint density at radius 1 is 1.25 bits per heavy atom. The van der Waals surface area contributed by atoms with Crippen LogP contribution in [0, 0.1) is 5.92 Å². The highest BCUT2D eigenvalue weighted by Gasteiger charge is 2.02. The molecular weight excluding hydrogens is 148 g/mol. The van der Waals surface area contributed by atoms with Gasteiger partial charge in [0.1, 0.15) is 5.78 Å². The zero-order chi connectivity index (χ0) is 9.40. The summed E-state index contributed by atoms with van der Waals surface area (Å²) in [5.74, 6) is 1.24. The highest BCUT2D eigenvalue weighted by molar-refractivity contribution is 5.78. The standard InChI is InChI=1S/C11H22O/c1-4-7-11(12)9-6-8-10(3)5-2/h10H,4-9H2,1-3H3. The van der Waals surface area contributed by atoms with Crippen molar-refractivity contribution in [2.45, 2.75) is 59.3 Å². The number of carbonyl (C=O) groups is 1. The van der Waals surface area contributed by atoms with Gasteiger partial charge in [0.25, 0.3) is 0 Å². The average molecular weight is 170 g/mol. The van der Waals surface area contributed by atoms with E-state index in [2.05, 4.69) is 20.8 Å². The number of Topliss-reactive ketones (excluding diaryl/α,β-unsaturated/α-hetero) is 1. The van der Waals surface area contributed by atoms with Crippen molar-refractivity contribution in [1.29, 1.82) is 0 Å². The largest absolute Gasteiger partial charge is 0.300 e. The number of hydrogen-bond donors (Lipinski definition) is 0. The first-order chi connectivity index (χ1) is 5.70. The van der Waals surface area contributed by atoms with Crippen molar-refractivity contribution in [3.05, 3.63) is 0 Å². The van der Waals surface area contributed by atoms with Crippen molar-refractivity contribution >= 4 is 5.78 Å². The van der Waals surface area contributed by atoms with E-state index in [1.165, 1.54) is 12.8 Å². The van der Waals surface area contributed by atoms with Crippen LogP contribution < -0.4 is 0 Å². The summed E-state index contributed by atoms with van der Waals surface area (Å²) < 4.78 is 0. The summed E-state index contributed by atoms with van der Waals surface area (Å²) in [5.41, 5.74) is 0. The van der Waals surface area contributed by atoms with E-state index in [-0.39, 0.29) is 0 Å². The number of hydrogen-bond acceptors (Lipinski definition) is 1. The fraction of sp³-hybridized carbons (Fsp3) is 0.909. The third kappa shape index (κ3) is 6.38. The van der Waals surface area contributed by atoms with Gasteiger partial charge >= 0.3 is 0 Å². The van der Waals surface area contributed by atoms with Crippen molar-refractivity contribution in [2.24, 2.45) is 5.92 Å². The van der Waals surface area contributed by atoms with E-state index in [4.69, 9.17) is 0 Å². The smallest absolute Gasteiger partial charge is 0.132 e. The van der Waals surface area contributed by atoms with Crippen LogP contribution in [-0.2, 0) is 4.79 Å². The lowest BCUT2D eigenvalue weighted by molar-refractivity contribution is -0.119. The predicted octanol–water partition coefficient (Wildman–Crippen LogP) is 3.57. The molecule has 0 aromatic heterocycles. The summed E-state index contributed by atoms with van der Waals surface area (Å²) in [5, 5.41) is 0. The van der Waals surface area contributed by atoms with E-state index in [0.29, 0.717) is 5.78 Å². The van der Waals surface area contributed by atoms with Gasteiger partial charge in [0.2, 0.25) is 0 Å². The summed E-state index contributed by atoms with van der Waals surface area (Å²) in [4.78, 5) is 11.1. The van der Waals surface area contributed by atoms with Crippen molar-refractivity contribution in [2.75, 3.05) is 0 Å². The van der Waals surface area contributed by atoms with E-state index in [9.17, 15) is 4.79 Å². The minimum Gasteiger partial charge on any atom is -0.300 e.